The highest BCUT2D eigenvalue weighted by atomic mass is 19.4. The van der Waals surface area contributed by atoms with E-state index in [1.54, 1.807) is 22.8 Å². The SMILES string of the molecule is O=C(c1cc2occc2n1Cc1cccc(C(F)(F)F)c1)N1CCN(C(c2ccccc2)c2ccccc2)CC1. The number of carbonyl (C=O) groups excluding carboxylic acids is 1. The Morgan fingerprint density at radius 3 is 2.08 bits per heavy atom. The number of piperazine rings is 1. The number of halogens is 3. The van der Waals surface area contributed by atoms with Crippen LogP contribution in [0, 0.1) is 0 Å². The molecule has 0 radical (unpaired) electrons. The molecular formula is C32H28F3N3O2. The average Bonchev–Trinajstić information content (AvgIpc) is 3.57. The van der Waals surface area contributed by atoms with Crippen LogP contribution in [0.5, 0.6) is 0 Å². The lowest BCUT2D eigenvalue weighted by Crippen LogP contribution is -2.50. The van der Waals surface area contributed by atoms with Gasteiger partial charge >= 0.3 is 6.18 Å². The molecule has 1 saturated heterocycles. The molecule has 5 aromatic rings. The van der Waals surface area contributed by atoms with Gasteiger partial charge in [-0.3, -0.25) is 9.69 Å². The molecule has 40 heavy (non-hydrogen) atoms. The maximum atomic E-state index is 13.8. The lowest BCUT2D eigenvalue weighted by Gasteiger charge is -2.39. The normalized spacial score (nSPS) is 14.8. The van der Waals surface area contributed by atoms with E-state index in [0.717, 1.165) is 12.1 Å². The number of carbonyl (C=O) groups is 1. The zero-order valence-electron chi connectivity index (χ0n) is 21.7. The molecule has 2 aromatic heterocycles. The zero-order chi connectivity index (χ0) is 27.7. The molecule has 1 aliphatic heterocycles. The minimum absolute atomic E-state index is 0.0757. The van der Waals surface area contributed by atoms with Crippen LogP contribution in [0.4, 0.5) is 13.2 Å². The number of furan rings is 1. The first-order valence-electron chi connectivity index (χ1n) is 13.2. The Bertz CT molecular complexity index is 1560. The summed E-state index contributed by atoms with van der Waals surface area (Å²) in [6.07, 6.45) is -2.92. The van der Waals surface area contributed by atoms with Crippen molar-refractivity contribution in [3.05, 3.63) is 131 Å². The topological polar surface area (TPSA) is 41.6 Å². The van der Waals surface area contributed by atoms with Gasteiger partial charge in [0.25, 0.3) is 5.91 Å². The summed E-state index contributed by atoms with van der Waals surface area (Å²) in [5.74, 6) is -0.158. The third kappa shape index (κ3) is 5.14. The van der Waals surface area contributed by atoms with Crippen LogP contribution in [0.25, 0.3) is 11.1 Å². The maximum Gasteiger partial charge on any atom is 0.416 e. The van der Waals surface area contributed by atoms with Crippen molar-refractivity contribution in [1.29, 1.82) is 0 Å². The van der Waals surface area contributed by atoms with Crippen molar-refractivity contribution >= 4 is 17.0 Å². The second-order valence-corrected chi connectivity index (χ2v) is 10.0. The predicted octanol–water partition coefficient (Wildman–Crippen LogP) is 6.85. The van der Waals surface area contributed by atoms with Gasteiger partial charge in [-0.05, 0) is 28.8 Å². The molecule has 1 aliphatic rings. The van der Waals surface area contributed by atoms with E-state index in [2.05, 4.69) is 29.2 Å². The average molecular weight is 544 g/mol. The van der Waals surface area contributed by atoms with Crippen molar-refractivity contribution in [3.63, 3.8) is 0 Å². The van der Waals surface area contributed by atoms with E-state index in [1.807, 2.05) is 41.3 Å². The Balaban J connectivity index is 1.23. The van der Waals surface area contributed by atoms with Crippen LogP contribution in [0.15, 0.2) is 108 Å². The Morgan fingerprint density at radius 1 is 0.800 bits per heavy atom. The summed E-state index contributed by atoms with van der Waals surface area (Å²) in [4.78, 5) is 18.0. The Morgan fingerprint density at radius 2 is 1.45 bits per heavy atom. The number of benzene rings is 3. The van der Waals surface area contributed by atoms with Gasteiger partial charge in [-0.1, -0.05) is 72.8 Å². The van der Waals surface area contributed by atoms with Gasteiger partial charge in [0.2, 0.25) is 0 Å². The van der Waals surface area contributed by atoms with Crippen LogP contribution in [0.2, 0.25) is 0 Å². The molecule has 204 valence electrons. The molecule has 0 spiro atoms. The second-order valence-electron chi connectivity index (χ2n) is 10.0. The Kier molecular flexibility index (Phi) is 6.94. The molecule has 6 rings (SSSR count). The molecule has 0 atom stereocenters. The fraction of sp³-hybridized carbons (Fsp3) is 0.219. The van der Waals surface area contributed by atoms with E-state index in [1.165, 1.54) is 23.5 Å². The third-order valence-corrected chi connectivity index (χ3v) is 7.53. The first-order chi connectivity index (χ1) is 19.4. The molecule has 0 saturated carbocycles. The van der Waals surface area contributed by atoms with Crippen LogP contribution >= 0.6 is 0 Å². The van der Waals surface area contributed by atoms with Crippen LogP contribution in [0.1, 0.15) is 38.8 Å². The van der Waals surface area contributed by atoms with Crippen molar-refractivity contribution in [2.75, 3.05) is 26.2 Å². The summed E-state index contributed by atoms with van der Waals surface area (Å²) >= 11 is 0. The smallest absolute Gasteiger partial charge is 0.416 e. The molecule has 8 heteroatoms. The molecule has 1 fully saturated rings. The van der Waals surface area contributed by atoms with E-state index < -0.39 is 11.7 Å². The molecule has 0 N–H and O–H groups in total. The summed E-state index contributed by atoms with van der Waals surface area (Å²) in [6, 6.07) is 29.4. The van der Waals surface area contributed by atoms with Crippen molar-refractivity contribution in [2.45, 2.75) is 18.8 Å². The molecular weight excluding hydrogens is 515 g/mol. The molecule has 1 amide bonds. The maximum absolute atomic E-state index is 13.8. The molecule has 3 aromatic carbocycles. The first-order valence-corrected chi connectivity index (χ1v) is 13.2. The second kappa shape index (κ2) is 10.7. The Hall–Kier alpha value is -4.30. The van der Waals surface area contributed by atoms with E-state index >= 15 is 0 Å². The first kappa shape index (κ1) is 26.0. The number of nitrogens with zero attached hydrogens (tertiary/aromatic N) is 3. The number of fused-ring (bicyclic) bond motifs is 1. The highest BCUT2D eigenvalue weighted by Crippen LogP contribution is 2.32. The molecule has 0 unspecified atom stereocenters. The van der Waals surface area contributed by atoms with E-state index in [-0.39, 0.29) is 18.5 Å². The molecule has 5 nitrogen and oxygen atoms in total. The van der Waals surface area contributed by atoms with Crippen LogP contribution in [-0.4, -0.2) is 46.5 Å². The zero-order valence-corrected chi connectivity index (χ0v) is 21.7. The minimum atomic E-state index is -4.44. The van der Waals surface area contributed by atoms with E-state index in [0.29, 0.717) is 48.5 Å². The summed E-state index contributed by atoms with van der Waals surface area (Å²) in [5, 5.41) is 0. The van der Waals surface area contributed by atoms with Crippen molar-refractivity contribution in [1.82, 2.24) is 14.4 Å². The van der Waals surface area contributed by atoms with Gasteiger partial charge in [-0.15, -0.1) is 0 Å². The summed E-state index contributed by atoms with van der Waals surface area (Å²) in [5.41, 5.74) is 3.75. The van der Waals surface area contributed by atoms with E-state index in [9.17, 15) is 18.0 Å². The largest absolute Gasteiger partial charge is 0.463 e. The molecule has 0 aliphatic carbocycles. The van der Waals surface area contributed by atoms with Gasteiger partial charge in [0.1, 0.15) is 5.69 Å². The van der Waals surface area contributed by atoms with Crippen LogP contribution in [-0.2, 0) is 12.7 Å². The van der Waals surface area contributed by atoms with E-state index in [4.69, 9.17) is 4.42 Å². The fourth-order valence-corrected chi connectivity index (χ4v) is 5.58. The van der Waals surface area contributed by atoms with Gasteiger partial charge in [-0.25, -0.2) is 0 Å². The molecule has 0 bridgehead atoms. The number of rotatable bonds is 6. The molecule has 3 heterocycles. The van der Waals surface area contributed by atoms with Gasteiger partial charge in [0, 0.05) is 44.9 Å². The number of aromatic nitrogens is 1. The van der Waals surface area contributed by atoms with Crippen molar-refractivity contribution in [2.24, 2.45) is 0 Å². The quantitative estimate of drug-likeness (QED) is 0.235. The number of hydrogen-bond donors (Lipinski definition) is 0. The third-order valence-electron chi connectivity index (χ3n) is 7.53. The fourth-order valence-electron chi connectivity index (χ4n) is 5.58. The highest BCUT2D eigenvalue weighted by Gasteiger charge is 2.32. The lowest BCUT2D eigenvalue weighted by molar-refractivity contribution is -0.137. The van der Waals surface area contributed by atoms with Gasteiger partial charge in [0.15, 0.2) is 5.58 Å². The predicted molar refractivity (Wildman–Crippen MR) is 147 cm³/mol. The Labute approximate surface area is 230 Å². The standard InChI is InChI=1S/C32H28F3N3O2/c33-32(34,35)26-13-7-8-23(20-26)22-38-27-14-19-40-29(27)21-28(38)31(39)37-17-15-36(16-18-37)30(24-9-3-1-4-10-24)25-11-5-2-6-12-25/h1-14,19-21,30H,15-18,22H2. The summed E-state index contributed by atoms with van der Waals surface area (Å²) in [7, 11) is 0. The number of amides is 1. The lowest BCUT2D eigenvalue weighted by atomic mass is 9.96. The number of alkyl halides is 3. The monoisotopic (exact) mass is 543 g/mol. The minimum Gasteiger partial charge on any atom is -0.463 e. The van der Waals surface area contributed by atoms with Gasteiger partial charge in [0.05, 0.1) is 23.4 Å². The number of hydrogen-bond acceptors (Lipinski definition) is 3. The van der Waals surface area contributed by atoms with Crippen LogP contribution < -0.4 is 0 Å². The van der Waals surface area contributed by atoms with Crippen molar-refractivity contribution in [3.8, 4) is 0 Å². The summed E-state index contributed by atoms with van der Waals surface area (Å²) < 4.78 is 47.3. The van der Waals surface area contributed by atoms with Gasteiger partial charge in [-0.2, -0.15) is 13.2 Å². The summed E-state index contributed by atoms with van der Waals surface area (Å²) in [6.45, 7) is 2.56. The van der Waals surface area contributed by atoms with Crippen molar-refractivity contribution < 1.29 is 22.4 Å². The highest BCUT2D eigenvalue weighted by molar-refractivity contribution is 5.97. The van der Waals surface area contributed by atoms with Crippen LogP contribution in [0.3, 0.4) is 0 Å². The van der Waals surface area contributed by atoms with Gasteiger partial charge < -0.3 is 13.9 Å².